The minimum absolute atomic E-state index is 0.00892. The molecule has 5 nitrogen and oxygen atoms in total. The Morgan fingerprint density at radius 1 is 1.07 bits per heavy atom. The van der Waals surface area contributed by atoms with Crippen LogP contribution in [0.3, 0.4) is 0 Å². The van der Waals surface area contributed by atoms with Crippen LogP contribution in [0.2, 0.25) is 0 Å². The van der Waals surface area contributed by atoms with Crippen LogP contribution in [0.5, 0.6) is 0 Å². The van der Waals surface area contributed by atoms with Gasteiger partial charge in [-0.1, -0.05) is 75.0 Å². The van der Waals surface area contributed by atoms with E-state index >= 15 is 0 Å². The molecule has 1 N–H and O–H groups in total. The Kier molecular flexibility index (Phi) is 7.04. The number of halogens is 1. The van der Waals surface area contributed by atoms with Gasteiger partial charge in [0.1, 0.15) is 5.82 Å². The van der Waals surface area contributed by atoms with E-state index in [4.69, 9.17) is 4.42 Å². The Bertz CT molecular complexity index is 946. The maximum Gasteiger partial charge on any atom is 0.277 e. The number of benzene rings is 2. The lowest BCUT2D eigenvalue weighted by Gasteiger charge is -2.18. The average molecular weight is 414 g/mol. The summed E-state index contributed by atoms with van der Waals surface area (Å²) in [7, 11) is 0. The molecule has 0 saturated carbocycles. The van der Waals surface area contributed by atoms with Crippen molar-refractivity contribution >= 4 is 23.4 Å². The highest BCUT2D eigenvalue weighted by Gasteiger charge is 2.27. The number of amides is 1. The van der Waals surface area contributed by atoms with Gasteiger partial charge in [-0.3, -0.25) is 4.79 Å². The highest BCUT2D eigenvalue weighted by molar-refractivity contribution is 8.00. The molecule has 152 valence electrons. The largest absolute Gasteiger partial charge is 0.416 e. The van der Waals surface area contributed by atoms with E-state index in [0.29, 0.717) is 17.5 Å². The lowest BCUT2D eigenvalue weighted by molar-refractivity contribution is -0.116. The fourth-order valence-electron chi connectivity index (χ4n) is 2.90. The summed E-state index contributed by atoms with van der Waals surface area (Å²) in [5.74, 6) is -0.0122. The summed E-state index contributed by atoms with van der Waals surface area (Å²) in [6.07, 6.45) is 0.616. The monoisotopic (exact) mass is 413 g/mol. The van der Waals surface area contributed by atoms with Crippen molar-refractivity contribution in [3.63, 3.8) is 0 Å². The average Bonchev–Trinajstić information content (AvgIpc) is 3.15. The number of nitrogens with zero attached hydrogens (tertiary/aromatic N) is 2. The number of thioether (sulfide) groups is 1. The molecule has 2 atom stereocenters. The molecule has 0 saturated heterocycles. The van der Waals surface area contributed by atoms with E-state index in [-0.39, 0.29) is 23.4 Å². The first-order valence-electron chi connectivity index (χ1n) is 9.53. The van der Waals surface area contributed by atoms with Crippen LogP contribution >= 0.6 is 11.8 Å². The van der Waals surface area contributed by atoms with E-state index in [9.17, 15) is 9.18 Å². The summed E-state index contributed by atoms with van der Waals surface area (Å²) >= 11 is 1.20. The minimum atomic E-state index is -0.491. The maximum atomic E-state index is 13.8. The van der Waals surface area contributed by atoms with Crippen molar-refractivity contribution < 1.29 is 13.6 Å². The molecule has 0 aliphatic rings. The van der Waals surface area contributed by atoms with Crippen LogP contribution in [0.4, 0.5) is 10.1 Å². The molecule has 29 heavy (non-hydrogen) atoms. The quantitative estimate of drug-likeness (QED) is 0.507. The second-order valence-corrected chi connectivity index (χ2v) is 8.32. The standard InChI is InChI=1S/C22H24FN3O2S/c1-14(2)20(21(27)24-18-12-8-7-11-17(18)23)29-22-26-25-19(28-22)13-15(3)16-9-5-4-6-10-16/h4-12,14-15,20H,13H2,1-3H3,(H,24,27). The molecule has 0 bridgehead atoms. The number of nitrogens with one attached hydrogen (secondary N) is 1. The fourth-order valence-corrected chi connectivity index (χ4v) is 3.78. The highest BCUT2D eigenvalue weighted by atomic mass is 32.2. The number of carbonyl (C=O) groups excluding carboxylic acids is 1. The van der Waals surface area contributed by atoms with E-state index in [1.807, 2.05) is 32.0 Å². The molecule has 0 spiro atoms. The normalized spacial score (nSPS) is 13.3. The smallest absolute Gasteiger partial charge is 0.277 e. The third-order valence-corrected chi connectivity index (χ3v) is 5.90. The van der Waals surface area contributed by atoms with E-state index in [0.717, 1.165) is 0 Å². The third-order valence-electron chi connectivity index (χ3n) is 4.52. The Balaban J connectivity index is 1.65. The molecule has 1 heterocycles. The van der Waals surface area contributed by atoms with Crippen LogP contribution in [0, 0.1) is 11.7 Å². The summed E-state index contributed by atoms with van der Waals surface area (Å²) in [6, 6.07) is 16.2. The number of carbonyl (C=O) groups is 1. The predicted octanol–water partition coefficient (Wildman–Crippen LogP) is 5.31. The van der Waals surface area contributed by atoms with Gasteiger partial charge in [0.15, 0.2) is 0 Å². The molecule has 2 aromatic carbocycles. The zero-order chi connectivity index (χ0) is 20.8. The first-order valence-corrected chi connectivity index (χ1v) is 10.4. The maximum absolute atomic E-state index is 13.8. The van der Waals surface area contributed by atoms with Crippen molar-refractivity contribution in [3.05, 3.63) is 71.9 Å². The van der Waals surface area contributed by atoms with Gasteiger partial charge in [0, 0.05) is 6.42 Å². The topological polar surface area (TPSA) is 68.0 Å². The summed E-state index contributed by atoms with van der Waals surface area (Å²) in [4.78, 5) is 12.7. The molecule has 1 amide bonds. The molecular formula is C22H24FN3O2S. The van der Waals surface area contributed by atoms with E-state index in [2.05, 4.69) is 34.6 Å². The molecule has 0 aliphatic carbocycles. The number of anilines is 1. The van der Waals surface area contributed by atoms with Crippen molar-refractivity contribution in [3.8, 4) is 0 Å². The van der Waals surface area contributed by atoms with Crippen LogP contribution in [0.1, 0.15) is 38.1 Å². The molecule has 2 unspecified atom stereocenters. The van der Waals surface area contributed by atoms with Crippen molar-refractivity contribution in [2.45, 2.75) is 43.6 Å². The van der Waals surface area contributed by atoms with E-state index in [1.165, 1.54) is 29.5 Å². The lowest BCUT2D eigenvalue weighted by Crippen LogP contribution is -2.29. The van der Waals surface area contributed by atoms with Crippen LogP contribution in [-0.4, -0.2) is 21.4 Å². The summed E-state index contributed by atoms with van der Waals surface area (Å²) in [5, 5.41) is 10.7. The number of aromatic nitrogens is 2. The van der Waals surface area contributed by atoms with Crippen LogP contribution < -0.4 is 5.32 Å². The van der Waals surface area contributed by atoms with Gasteiger partial charge < -0.3 is 9.73 Å². The minimum Gasteiger partial charge on any atom is -0.416 e. The van der Waals surface area contributed by atoms with Crippen LogP contribution in [0.15, 0.2) is 64.2 Å². The number of para-hydroxylation sites is 1. The van der Waals surface area contributed by atoms with E-state index in [1.54, 1.807) is 12.1 Å². The fraction of sp³-hybridized carbons (Fsp3) is 0.318. The van der Waals surface area contributed by atoms with Gasteiger partial charge in [0.05, 0.1) is 10.9 Å². The van der Waals surface area contributed by atoms with Gasteiger partial charge in [-0.25, -0.2) is 4.39 Å². The molecule has 7 heteroatoms. The van der Waals surface area contributed by atoms with Crippen molar-refractivity contribution in [1.29, 1.82) is 0 Å². The third kappa shape index (κ3) is 5.67. The molecule has 1 aromatic heterocycles. The van der Waals surface area contributed by atoms with Gasteiger partial charge in [-0.15, -0.1) is 10.2 Å². The van der Waals surface area contributed by atoms with Gasteiger partial charge in [-0.05, 0) is 29.5 Å². The molecule has 3 rings (SSSR count). The summed E-state index contributed by atoms with van der Waals surface area (Å²) in [6.45, 7) is 5.95. The molecular weight excluding hydrogens is 389 g/mol. The molecule has 0 radical (unpaired) electrons. The molecule has 3 aromatic rings. The van der Waals surface area contributed by atoms with E-state index < -0.39 is 11.1 Å². The zero-order valence-corrected chi connectivity index (χ0v) is 17.4. The summed E-state index contributed by atoms with van der Waals surface area (Å²) < 4.78 is 19.6. The highest BCUT2D eigenvalue weighted by Crippen LogP contribution is 2.30. The summed E-state index contributed by atoms with van der Waals surface area (Å²) in [5.41, 5.74) is 1.36. The van der Waals surface area contributed by atoms with Gasteiger partial charge >= 0.3 is 0 Å². The number of hydrogen-bond acceptors (Lipinski definition) is 5. The first-order chi connectivity index (χ1) is 13.9. The lowest BCUT2D eigenvalue weighted by atomic mass is 9.98. The van der Waals surface area contributed by atoms with Crippen LogP contribution in [0.25, 0.3) is 0 Å². The second kappa shape index (κ2) is 9.69. The Morgan fingerprint density at radius 2 is 1.76 bits per heavy atom. The second-order valence-electron chi connectivity index (χ2n) is 7.23. The Labute approximate surface area is 174 Å². The number of hydrogen-bond donors (Lipinski definition) is 1. The first kappa shape index (κ1) is 21.0. The molecule has 0 aliphatic heterocycles. The van der Waals surface area contributed by atoms with Crippen molar-refractivity contribution in [2.24, 2.45) is 5.92 Å². The van der Waals surface area contributed by atoms with Gasteiger partial charge in [-0.2, -0.15) is 0 Å². The molecule has 0 fully saturated rings. The van der Waals surface area contributed by atoms with Gasteiger partial charge in [0.25, 0.3) is 5.22 Å². The van der Waals surface area contributed by atoms with Crippen LogP contribution in [-0.2, 0) is 11.2 Å². The SMILES string of the molecule is CC(Cc1nnc(SC(C(=O)Nc2ccccc2F)C(C)C)o1)c1ccccc1. The Morgan fingerprint density at radius 3 is 2.45 bits per heavy atom. The zero-order valence-electron chi connectivity index (χ0n) is 16.6. The number of rotatable bonds is 8. The van der Waals surface area contributed by atoms with Gasteiger partial charge in [0.2, 0.25) is 11.8 Å². The predicted molar refractivity (Wildman–Crippen MR) is 112 cm³/mol. The Hall–Kier alpha value is -2.67. The van der Waals surface area contributed by atoms with Crippen molar-refractivity contribution in [1.82, 2.24) is 10.2 Å². The van der Waals surface area contributed by atoms with Crippen molar-refractivity contribution in [2.75, 3.05) is 5.32 Å².